The van der Waals surface area contributed by atoms with Crippen LogP contribution in [0.1, 0.15) is 206 Å². The Morgan fingerprint density at radius 1 is 0.547 bits per heavy atom. The minimum Gasteiger partial charge on any atom is -0.462 e. The molecular formula is C42H81O10P. The first-order valence-electron chi connectivity index (χ1n) is 21.6. The Kier molecular flexibility index (Phi) is 38.0. The van der Waals surface area contributed by atoms with Crippen LogP contribution in [0.15, 0.2) is 12.2 Å². The predicted octanol–water partition coefficient (Wildman–Crippen LogP) is 11.2. The minimum atomic E-state index is -4.61. The van der Waals surface area contributed by atoms with Gasteiger partial charge in [0.15, 0.2) is 6.10 Å². The fourth-order valence-electron chi connectivity index (χ4n) is 6.05. The monoisotopic (exact) mass is 777 g/mol. The van der Waals surface area contributed by atoms with Crippen molar-refractivity contribution >= 4 is 19.8 Å². The maximum atomic E-state index is 12.6. The van der Waals surface area contributed by atoms with Crippen LogP contribution < -0.4 is 0 Å². The Morgan fingerprint density at radius 3 is 1.36 bits per heavy atom. The number of ether oxygens (including phenoxy) is 2. The van der Waals surface area contributed by atoms with Crippen molar-refractivity contribution in [3.05, 3.63) is 12.2 Å². The van der Waals surface area contributed by atoms with E-state index in [1.165, 1.54) is 122 Å². The van der Waals surface area contributed by atoms with E-state index in [1.54, 1.807) is 0 Å². The molecule has 0 heterocycles. The molecule has 0 aromatic carbocycles. The number of phosphoric acid groups is 1. The second-order valence-corrected chi connectivity index (χ2v) is 16.2. The maximum Gasteiger partial charge on any atom is 0.472 e. The summed E-state index contributed by atoms with van der Waals surface area (Å²) in [4.78, 5) is 34.9. The van der Waals surface area contributed by atoms with Crippen LogP contribution in [0.5, 0.6) is 0 Å². The lowest BCUT2D eigenvalue weighted by Crippen LogP contribution is -2.29. The standard InChI is InChI=1S/C42H81O10P/c1-3-5-7-9-11-13-15-17-18-19-20-22-24-26-28-30-32-34-42(46)52-40(38-51-53(47,48)50-36-39(44)35-43)37-49-41(45)33-31-29-27-25-23-21-16-14-12-10-8-6-4-2/h17-18,39-40,43-44H,3-16,19-38H2,1-2H3,(H,47,48)/b18-17-/t39-,40+/m0/s1. The van der Waals surface area contributed by atoms with Gasteiger partial charge in [-0.05, 0) is 38.5 Å². The Morgan fingerprint density at radius 2 is 0.925 bits per heavy atom. The van der Waals surface area contributed by atoms with E-state index < -0.39 is 51.8 Å². The van der Waals surface area contributed by atoms with Gasteiger partial charge in [0.05, 0.1) is 19.8 Å². The number of carbonyl (C=O) groups is 2. The number of hydrogen-bond donors (Lipinski definition) is 3. The molecule has 0 spiro atoms. The number of rotatable bonds is 41. The molecule has 0 saturated heterocycles. The quantitative estimate of drug-likeness (QED) is 0.0237. The molecule has 0 rings (SSSR count). The van der Waals surface area contributed by atoms with Gasteiger partial charge in [0.25, 0.3) is 0 Å². The molecule has 0 aromatic rings. The van der Waals surface area contributed by atoms with E-state index in [0.717, 1.165) is 44.9 Å². The number of carbonyl (C=O) groups excluding carboxylic acids is 2. The Labute approximate surface area is 324 Å². The average Bonchev–Trinajstić information content (AvgIpc) is 3.14. The van der Waals surface area contributed by atoms with Crippen molar-refractivity contribution in [2.45, 2.75) is 219 Å². The van der Waals surface area contributed by atoms with Gasteiger partial charge in [-0.1, -0.05) is 167 Å². The summed E-state index contributed by atoms with van der Waals surface area (Å²) in [6.45, 7) is 2.39. The summed E-state index contributed by atoms with van der Waals surface area (Å²) in [5.74, 6) is -0.920. The lowest BCUT2D eigenvalue weighted by Gasteiger charge is -2.20. The number of hydrogen-bond acceptors (Lipinski definition) is 9. The molecule has 314 valence electrons. The van der Waals surface area contributed by atoms with E-state index in [0.29, 0.717) is 12.8 Å². The average molecular weight is 777 g/mol. The van der Waals surface area contributed by atoms with Crippen LogP contribution in [0.3, 0.4) is 0 Å². The van der Waals surface area contributed by atoms with Crippen LogP contribution in [-0.2, 0) is 32.7 Å². The van der Waals surface area contributed by atoms with Crippen LogP contribution >= 0.6 is 7.82 Å². The molecule has 0 radical (unpaired) electrons. The summed E-state index contributed by atoms with van der Waals surface area (Å²) in [6.07, 6.45) is 36.0. The molecule has 0 amide bonds. The molecule has 1 unspecified atom stereocenters. The van der Waals surface area contributed by atoms with Gasteiger partial charge in [0.2, 0.25) is 0 Å². The molecule has 53 heavy (non-hydrogen) atoms. The van der Waals surface area contributed by atoms with Gasteiger partial charge in [0.1, 0.15) is 12.7 Å². The molecule has 0 aliphatic rings. The van der Waals surface area contributed by atoms with E-state index >= 15 is 0 Å². The van der Waals surface area contributed by atoms with Crippen molar-refractivity contribution in [2.75, 3.05) is 26.4 Å². The van der Waals surface area contributed by atoms with E-state index in [9.17, 15) is 24.2 Å². The molecule has 10 nitrogen and oxygen atoms in total. The SMILES string of the molecule is CCCCCCCC/C=C\CCCCCCCCCC(=O)O[C@H](COC(=O)CCCCCCCCCCCCCCC)COP(=O)(O)OC[C@@H](O)CO. The highest BCUT2D eigenvalue weighted by atomic mass is 31.2. The van der Waals surface area contributed by atoms with Crippen LogP contribution in [0.25, 0.3) is 0 Å². The van der Waals surface area contributed by atoms with Gasteiger partial charge in [-0.3, -0.25) is 18.6 Å². The molecule has 0 bridgehead atoms. The maximum absolute atomic E-state index is 12.6. The van der Waals surface area contributed by atoms with Crippen molar-refractivity contribution < 1.29 is 47.8 Å². The van der Waals surface area contributed by atoms with Gasteiger partial charge in [-0.15, -0.1) is 0 Å². The van der Waals surface area contributed by atoms with E-state index in [4.69, 9.17) is 19.1 Å². The predicted molar refractivity (Wildman–Crippen MR) is 215 cm³/mol. The third kappa shape index (κ3) is 38.8. The summed E-state index contributed by atoms with van der Waals surface area (Å²) in [5.41, 5.74) is 0. The van der Waals surface area contributed by atoms with Gasteiger partial charge in [-0.2, -0.15) is 0 Å². The molecule has 3 atom stereocenters. The Balaban J connectivity index is 4.27. The van der Waals surface area contributed by atoms with Crippen molar-refractivity contribution in [1.82, 2.24) is 0 Å². The van der Waals surface area contributed by atoms with Crippen LogP contribution in [0.2, 0.25) is 0 Å². The molecule has 11 heteroatoms. The first kappa shape index (κ1) is 51.7. The molecule has 3 N–H and O–H groups in total. The van der Waals surface area contributed by atoms with Gasteiger partial charge in [-0.25, -0.2) is 4.57 Å². The van der Waals surface area contributed by atoms with E-state index in [1.807, 2.05) is 0 Å². The third-order valence-corrected chi connectivity index (χ3v) is 10.4. The molecule has 0 saturated carbocycles. The highest BCUT2D eigenvalue weighted by Gasteiger charge is 2.27. The summed E-state index contributed by atoms with van der Waals surface area (Å²) in [6, 6.07) is 0. The molecule has 0 fully saturated rings. The normalized spacial score (nSPS) is 14.0. The van der Waals surface area contributed by atoms with Crippen molar-refractivity contribution in [1.29, 1.82) is 0 Å². The number of aliphatic hydroxyl groups excluding tert-OH is 2. The van der Waals surface area contributed by atoms with Crippen LogP contribution in [0.4, 0.5) is 0 Å². The van der Waals surface area contributed by atoms with E-state index in [-0.39, 0.29) is 19.4 Å². The molecule has 0 aliphatic heterocycles. The highest BCUT2D eigenvalue weighted by molar-refractivity contribution is 7.47. The topological polar surface area (TPSA) is 149 Å². The number of aliphatic hydroxyl groups is 2. The van der Waals surface area contributed by atoms with Crippen LogP contribution in [-0.4, -0.2) is 65.7 Å². The van der Waals surface area contributed by atoms with Gasteiger partial charge < -0.3 is 24.6 Å². The zero-order valence-corrected chi connectivity index (χ0v) is 34.9. The minimum absolute atomic E-state index is 0.183. The van der Waals surface area contributed by atoms with Crippen molar-refractivity contribution in [3.8, 4) is 0 Å². The number of unbranched alkanes of at least 4 members (excludes halogenated alkanes) is 25. The largest absolute Gasteiger partial charge is 0.472 e. The van der Waals surface area contributed by atoms with Gasteiger partial charge in [0, 0.05) is 12.8 Å². The zero-order chi connectivity index (χ0) is 39.1. The highest BCUT2D eigenvalue weighted by Crippen LogP contribution is 2.43. The summed E-state index contributed by atoms with van der Waals surface area (Å²) >= 11 is 0. The number of esters is 2. The fraction of sp³-hybridized carbons (Fsp3) is 0.905. The lowest BCUT2D eigenvalue weighted by molar-refractivity contribution is -0.161. The van der Waals surface area contributed by atoms with Gasteiger partial charge >= 0.3 is 19.8 Å². The number of phosphoric ester groups is 1. The first-order chi connectivity index (χ1) is 25.7. The fourth-order valence-corrected chi connectivity index (χ4v) is 6.84. The van der Waals surface area contributed by atoms with E-state index in [2.05, 4.69) is 30.5 Å². The Hall–Kier alpha value is -1.29. The summed E-state index contributed by atoms with van der Waals surface area (Å²) in [7, 11) is -4.61. The summed E-state index contributed by atoms with van der Waals surface area (Å²) in [5, 5.41) is 18.3. The molecular weight excluding hydrogens is 695 g/mol. The third-order valence-electron chi connectivity index (χ3n) is 9.42. The van der Waals surface area contributed by atoms with Crippen molar-refractivity contribution in [2.24, 2.45) is 0 Å². The second-order valence-electron chi connectivity index (χ2n) is 14.7. The second kappa shape index (κ2) is 39.0. The van der Waals surface area contributed by atoms with Crippen LogP contribution in [0, 0.1) is 0 Å². The summed E-state index contributed by atoms with van der Waals surface area (Å²) < 4.78 is 32.7. The molecule has 0 aromatic heterocycles. The Bertz CT molecular complexity index is 899. The number of allylic oxidation sites excluding steroid dienone is 2. The lowest BCUT2D eigenvalue weighted by atomic mass is 10.0. The smallest absolute Gasteiger partial charge is 0.462 e. The van der Waals surface area contributed by atoms with Crippen molar-refractivity contribution in [3.63, 3.8) is 0 Å². The molecule has 0 aliphatic carbocycles. The zero-order valence-electron chi connectivity index (χ0n) is 34.0. The first-order valence-corrected chi connectivity index (χ1v) is 23.1.